The Balaban J connectivity index is 3.36. The largest absolute Gasteiger partial charge is 0.379 e. The highest BCUT2D eigenvalue weighted by Gasteiger charge is 2.11. The lowest BCUT2D eigenvalue weighted by Crippen LogP contribution is -2.25. The molecular formula is C8H18O2. The fourth-order valence-corrected chi connectivity index (χ4v) is 0.435. The first-order valence-corrected chi connectivity index (χ1v) is 3.62. The quantitative estimate of drug-likeness (QED) is 0.605. The highest BCUT2D eigenvalue weighted by molar-refractivity contribution is 4.60. The molecule has 0 unspecified atom stereocenters. The molecule has 62 valence electrons. The Morgan fingerprint density at radius 2 is 1.80 bits per heavy atom. The third-order valence-electron chi connectivity index (χ3n) is 1.15. The maximum absolute atomic E-state index is 5.46. The number of hydrogen-bond donors (Lipinski definition) is 0. The van der Waals surface area contributed by atoms with Gasteiger partial charge in [0.2, 0.25) is 0 Å². The number of methoxy groups -OCH3 is 1. The van der Waals surface area contributed by atoms with Crippen molar-refractivity contribution in [1.29, 1.82) is 0 Å². The SMILES string of the molecule is CO[C@H](C)COC(C)(C)C. The summed E-state index contributed by atoms with van der Waals surface area (Å²) in [7, 11) is 1.69. The van der Waals surface area contributed by atoms with Crippen LogP contribution in [-0.2, 0) is 9.47 Å². The van der Waals surface area contributed by atoms with Gasteiger partial charge in [-0.1, -0.05) is 0 Å². The predicted molar refractivity (Wildman–Crippen MR) is 42.2 cm³/mol. The van der Waals surface area contributed by atoms with E-state index in [0.717, 1.165) is 0 Å². The highest BCUT2D eigenvalue weighted by atomic mass is 16.5. The molecule has 0 saturated heterocycles. The Kier molecular flexibility index (Phi) is 3.91. The van der Waals surface area contributed by atoms with Crippen LogP contribution < -0.4 is 0 Å². The zero-order valence-electron chi connectivity index (χ0n) is 7.60. The molecule has 0 saturated carbocycles. The molecular weight excluding hydrogens is 128 g/mol. The molecule has 0 radical (unpaired) electrons. The van der Waals surface area contributed by atoms with Gasteiger partial charge in [-0.25, -0.2) is 0 Å². The van der Waals surface area contributed by atoms with Crippen molar-refractivity contribution in [3.8, 4) is 0 Å². The molecule has 0 aromatic heterocycles. The molecule has 0 fully saturated rings. The van der Waals surface area contributed by atoms with Crippen LogP contribution in [0, 0.1) is 0 Å². The predicted octanol–water partition coefficient (Wildman–Crippen LogP) is 1.84. The van der Waals surface area contributed by atoms with Crippen molar-refractivity contribution in [2.75, 3.05) is 13.7 Å². The molecule has 0 aliphatic carbocycles. The summed E-state index contributed by atoms with van der Waals surface area (Å²) in [6.07, 6.45) is 0.194. The Bertz CT molecular complexity index is 83.7. The van der Waals surface area contributed by atoms with E-state index in [9.17, 15) is 0 Å². The summed E-state index contributed by atoms with van der Waals surface area (Å²) in [4.78, 5) is 0. The molecule has 0 N–H and O–H groups in total. The van der Waals surface area contributed by atoms with Crippen LogP contribution in [0.1, 0.15) is 27.7 Å². The van der Waals surface area contributed by atoms with Crippen molar-refractivity contribution in [1.82, 2.24) is 0 Å². The fourth-order valence-electron chi connectivity index (χ4n) is 0.435. The van der Waals surface area contributed by atoms with Crippen LogP contribution in [0.25, 0.3) is 0 Å². The van der Waals surface area contributed by atoms with Crippen LogP contribution in [0.4, 0.5) is 0 Å². The Morgan fingerprint density at radius 1 is 1.30 bits per heavy atom. The molecule has 10 heavy (non-hydrogen) atoms. The summed E-state index contributed by atoms with van der Waals surface area (Å²) < 4.78 is 10.5. The number of ether oxygens (including phenoxy) is 2. The zero-order chi connectivity index (χ0) is 8.20. The Hall–Kier alpha value is -0.0800. The van der Waals surface area contributed by atoms with Crippen LogP contribution >= 0.6 is 0 Å². The molecule has 0 aliphatic heterocycles. The molecule has 0 heterocycles. The Morgan fingerprint density at radius 3 is 2.10 bits per heavy atom. The lowest BCUT2D eigenvalue weighted by molar-refractivity contribution is -0.0549. The van der Waals surface area contributed by atoms with E-state index in [0.29, 0.717) is 6.61 Å². The van der Waals surface area contributed by atoms with Crippen molar-refractivity contribution in [2.24, 2.45) is 0 Å². The minimum Gasteiger partial charge on any atom is -0.379 e. The average molecular weight is 146 g/mol. The van der Waals surface area contributed by atoms with Gasteiger partial charge in [-0.15, -0.1) is 0 Å². The summed E-state index contributed by atoms with van der Waals surface area (Å²) in [6.45, 7) is 8.77. The second kappa shape index (κ2) is 3.94. The van der Waals surface area contributed by atoms with Gasteiger partial charge in [0, 0.05) is 7.11 Å². The van der Waals surface area contributed by atoms with Gasteiger partial charge in [0.05, 0.1) is 18.3 Å². The van der Waals surface area contributed by atoms with Gasteiger partial charge >= 0.3 is 0 Å². The van der Waals surface area contributed by atoms with E-state index in [-0.39, 0.29) is 11.7 Å². The number of hydrogen-bond acceptors (Lipinski definition) is 2. The summed E-state index contributed by atoms with van der Waals surface area (Å²) in [5.74, 6) is 0. The van der Waals surface area contributed by atoms with Crippen LogP contribution in [0.3, 0.4) is 0 Å². The zero-order valence-corrected chi connectivity index (χ0v) is 7.60. The van der Waals surface area contributed by atoms with Gasteiger partial charge in [-0.2, -0.15) is 0 Å². The van der Waals surface area contributed by atoms with E-state index in [1.165, 1.54) is 0 Å². The van der Waals surface area contributed by atoms with E-state index in [1.807, 2.05) is 27.7 Å². The minimum absolute atomic E-state index is 0.0488. The fraction of sp³-hybridized carbons (Fsp3) is 1.00. The van der Waals surface area contributed by atoms with Gasteiger partial charge in [-0.05, 0) is 27.7 Å². The molecule has 2 nitrogen and oxygen atoms in total. The summed E-state index contributed by atoms with van der Waals surface area (Å²) in [6, 6.07) is 0. The summed E-state index contributed by atoms with van der Waals surface area (Å²) >= 11 is 0. The van der Waals surface area contributed by atoms with E-state index in [1.54, 1.807) is 7.11 Å². The second-order valence-corrected chi connectivity index (χ2v) is 3.47. The maximum atomic E-state index is 5.46. The minimum atomic E-state index is -0.0488. The van der Waals surface area contributed by atoms with Crippen molar-refractivity contribution in [3.63, 3.8) is 0 Å². The molecule has 0 amide bonds. The van der Waals surface area contributed by atoms with Crippen LogP contribution in [0.15, 0.2) is 0 Å². The molecule has 0 aliphatic rings. The van der Waals surface area contributed by atoms with Crippen LogP contribution in [0.2, 0.25) is 0 Å². The molecule has 2 heteroatoms. The topological polar surface area (TPSA) is 18.5 Å². The number of rotatable bonds is 3. The average Bonchev–Trinajstić information content (AvgIpc) is 1.81. The van der Waals surface area contributed by atoms with E-state index >= 15 is 0 Å². The summed E-state index contributed by atoms with van der Waals surface area (Å²) in [5, 5.41) is 0. The monoisotopic (exact) mass is 146 g/mol. The third-order valence-corrected chi connectivity index (χ3v) is 1.15. The first-order valence-electron chi connectivity index (χ1n) is 3.62. The van der Waals surface area contributed by atoms with Gasteiger partial charge in [-0.3, -0.25) is 0 Å². The van der Waals surface area contributed by atoms with Crippen molar-refractivity contribution < 1.29 is 9.47 Å². The molecule has 0 rings (SSSR count). The molecule has 0 spiro atoms. The van der Waals surface area contributed by atoms with Crippen molar-refractivity contribution in [3.05, 3.63) is 0 Å². The maximum Gasteiger partial charge on any atom is 0.0776 e. The molecule has 0 aromatic rings. The van der Waals surface area contributed by atoms with Crippen molar-refractivity contribution in [2.45, 2.75) is 39.4 Å². The van der Waals surface area contributed by atoms with E-state index in [2.05, 4.69) is 0 Å². The van der Waals surface area contributed by atoms with E-state index < -0.39 is 0 Å². The standard InChI is InChI=1S/C8H18O2/c1-7(9-5)6-10-8(2,3)4/h7H,6H2,1-5H3/t7-/m1/s1. The van der Waals surface area contributed by atoms with E-state index in [4.69, 9.17) is 9.47 Å². The van der Waals surface area contributed by atoms with Gasteiger partial charge < -0.3 is 9.47 Å². The molecule has 0 bridgehead atoms. The van der Waals surface area contributed by atoms with Gasteiger partial charge in [0.15, 0.2) is 0 Å². The second-order valence-electron chi connectivity index (χ2n) is 3.47. The third kappa shape index (κ3) is 6.05. The van der Waals surface area contributed by atoms with Crippen molar-refractivity contribution >= 4 is 0 Å². The smallest absolute Gasteiger partial charge is 0.0776 e. The normalized spacial score (nSPS) is 15.3. The first kappa shape index (κ1) is 9.92. The molecule has 0 aromatic carbocycles. The highest BCUT2D eigenvalue weighted by Crippen LogP contribution is 2.07. The lowest BCUT2D eigenvalue weighted by atomic mass is 10.2. The lowest BCUT2D eigenvalue weighted by Gasteiger charge is -2.21. The Labute approximate surface area is 63.5 Å². The first-order chi connectivity index (χ1) is 4.45. The van der Waals surface area contributed by atoms with Crippen LogP contribution in [-0.4, -0.2) is 25.4 Å². The summed E-state index contributed by atoms with van der Waals surface area (Å²) in [5.41, 5.74) is -0.0488. The molecule has 1 atom stereocenters. The van der Waals surface area contributed by atoms with Crippen LogP contribution in [0.5, 0.6) is 0 Å². The van der Waals surface area contributed by atoms with Gasteiger partial charge in [0.25, 0.3) is 0 Å². The van der Waals surface area contributed by atoms with Gasteiger partial charge in [0.1, 0.15) is 0 Å².